The number of nitrogens with two attached hydrogens (primary N) is 1. The van der Waals surface area contributed by atoms with Gasteiger partial charge >= 0.3 is 0 Å². The Morgan fingerprint density at radius 1 is 1.64 bits per heavy atom. The highest BCUT2D eigenvalue weighted by Gasteiger charge is 2.11. The quantitative estimate of drug-likeness (QED) is 0.731. The van der Waals surface area contributed by atoms with E-state index in [1.807, 2.05) is 4.68 Å². The Hall–Kier alpha value is -0.940. The van der Waals surface area contributed by atoms with Crippen molar-refractivity contribution in [1.29, 1.82) is 0 Å². The lowest BCUT2D eigenvalue weighted by atomic mass is 10.2. The molecule has 14 heavy (non-hydrogen) atoms. The second-order valence-corrected chi connectivity index (χ2v) is 3.30. The fourth-order valence-electron chi connectivity index (χ4n) is 1.30. The van der Waals surface area contributed by atoms with Gasteiger partial charge in [0.25, 0.3) is 0 Å². The zero-order valence-electron chi connectivity index (χ0n) is 8.81. The lowest BCUT2D eigenvalue weighted by Crippen LogP contribution is -2.20. The van der Waals surface area contributed by atoms with Crippen molar-refractivity contribution in [2.75, 3.05) is 13.7 Å². The molecule has 1 heterocycles. The number of hydrogen-bond acceptors (Lipinski definition) is 4. The fraction of sp³-hybridized carbons (Fsp3) is 0.778. The number of aryl methyl sites for hydroxylation is 1. The van der Waals surface area contributed by atoms with E-state index >= 15 is 0 Å². The van der Waals surface area contributed by atoms with Crippen molar-refractivity contribution in [3.05, 3.63) is 11.9 Å². The van der Waals surface area contributed by atoms with Crippen LogP contribution < -0.4 is 5.73 Å². The zero-order chi connectivity index (χ0) is 10.4. The van der Waals surface area contributed by atoms with Crippen LogP contribution in [0.2, 0.25) is 0 Å². The number of methoxy groups -OCH3 is 1. The first-order valence-electron chi connectivity index (χ1n) is 4.92. The highest BCUT2D eigenvalue weighted by molar-refractivity contribution is 5.01. The van der Waals surface area contributed by atoms with Crippen LogP contribution in [0.25, 0.3) is 0 Å². The van der Waals surface area contributed by atoms with E-state index in [1.165, 1.54) is 0 Å². The molecule has 0 aromatic carbocycles. The predicted molar refractivity (Wildman–Crippen MR) is 53.7 cm³/mol. The Balaban J connectivity index is 2.61. The molecule has 0 unspecified atom stereocenters. The zero-order valence-corrected chi connectivity index (χ0v) is 8.81. The summed E-state index contributed by atoms with van der Waals surface area (Å²) < 4.78 is 6.85. The van der Waals surface area contributed by atoms with E-state index in [2.05, 4.69) is 17.2 Å². The van der Waals surface area contributed by atoms with Gasteiger partial charge in [0.1, 0.15) is 0 Å². The van der Waals surface area contributed by atoms with Crippen LogP contribution in [0.15, 0.2) is 6.20 Å². The maximum atomic E-state index is 5.90. The van der Waals surface area contributed by atoms with Crippen LogP contribution in [0.1, 0.15) is 31.5 Å². The van der Waals surface area contributed by atoms with E-state index in [4.69, 9.17) is 10.5 Å². The molecule has 80 valence electrons. The summed E-state index contributed by atoms with van der Waals surface area (Å²) in [6.07, 6.45) is 3.94. The van der Waals surface area contributed by atoms with Gasteiger partial charge in [0, 0.05) is 13.7 Å². The van der Waals surface area contributed by atoms with Crippen LogP contribution in [0.4, 0.5) is 0 Å². The molecular weight excluding hydrogens is 180 g/mol. The molecule has 0 aliphatic rings. The van der Waals surface area contributed by atoms with E-state index < -0.39 is 0 Å². The van der Waals surface area contributed by atoms with Crippen LogP contribution in [-0.4, -0.2) is 28.7 Å². The minimum atomic E-state index is -0.133. The molecule has 0 saturated carbocycles. The fourth-order valence-corrected chi connectivity index (χ4v) is 1.30. The SMILES string of the molecule is CCCCn1nncc1[C@@H](N)COC. The molecule has 0 amide bonds. The van der Waals surface area contributed by atoms with E-state index in [0.29, 0.717) is 6.61 Å². The summed E-state index contributed by atoms with van der Waals surface area (Å²) in [6.45, 7) is 3.52. The van der Waals surface area contributed by atoms with Gasteiger partial charge in [-0.15, -0.1) is 5.10 Å². The van der Waals surface area contributed by atoms with E-state index in [-0.39, 0.29) is 6.04 Å². The summed E-state index contributed by atoms with van der Waals surface area (Å²) in [7, 11) is 1.64. The number of unbranched alkanes of at least 4 members (excludes halogenated alkanes) is 1. The van der Waals surface area contributed by atoms with Crippen LogP contribution >= 0.6 is 0 Å². The van der Waals surface area contributed by atoms with Gasteiger partial charge in [-0.05, 0) is 6.42 Å². The van der Waals surface area contributed by atoms with Crippen molar-refractivity contribution in [3.63, 3.8) is 0 Å². The molecule has 0 saturated heterocycles. The number of aromatic nitrogens is 3. The maximum absolute atomic E-state index is 5.90. The van der Waals surface area contributed by atoms with Gasteiger partial charge in [0.05, 0.1) is 24.5 Å². The third-order valence-electron chi connectivity index (χ3n) is 2.10. The normalized spacial score (nSPS) is 13.1. The van der Waals surface area contributed by atoms with Crippen LogP contribution in [-0.2, 0) is 11.3 Å². The predicted octanol–water partition coefficient (Wildman–Crippen LogP) is 0.724. The van der Waals surface area contributed by atoms with Crippen molar-refractivity contribution in [2.24, 2.45) is 5.73 Å². The van der Waals surface area contributed by atoms with E-state index in [9.17, 15) is 0 Å². The topological polar surface area (TPSA) is 66.0 Å². The summed E-state index contributed by atoms with van der Waals surface area (Å²) >= 11 is 0. The third-order valence-corrected chi connectivity index (χ3v) is 2.10. The van der Waals surface area contributed by atoms with Gasteiger partial charge in [-0.25, -0.2) is 4.68 Å². The second-order valence-electron chi connectivity index (χ2n) is 3.30. The molecule has 0 aliphatic heterocycles. The molecule has 0 spiro atoms. The molecule has 0 aliphatic carbocycles. The minimum Gasteiger partial charge on any atom is -0.383 e. The van der Waals surface area contributed by atoms with Crippen molar-refractivity contribution in [3.8, 4) is 0 Å². The van der Waals surface area contributed by atoms with Gasteiger partial charge in [-0.1, -0.05) is 18.6 Å². The summed E-state index contributed by atoms with van der Waals surface area (Å²) in [4.78, 5) is 0. The first kappa shape index (κ1) is 11.1. The summed E-state index contributed by atoms with van der Waals surface area (Å²) in [6, 6.07) is -0.133. The van der Waals surface area contributed by atoms with Gasteiger partial charge in [0.15, 0.2) is 0 Å². The molecule has 1 aromatic rings. The molecule has 5 heteroatoms. The highest BCUT2D eigenvalue weighted by atomic mass is 16.5. The third kappa shape index (κ3) is 2.78. The number of ether oxygens (including phenoxy) is 1. The average molecular weight is 198 g/mol. The van der Waals surface area contributed by atoms with Crippen molar-refractivity contribution in [1.82, 2.24) is 15.0 Å². The standard InChI is InChI=1S/C9H18N4O/c1-3-4-5-13-9(6-11-12-13)8(10)7-14-2/h6,8H,3-5,7,10H2,1-2H3/t8-/m0/s1. The monoisotopic (exact) mass is 198 g/mol. The Bertz CT molecular complexity index is 261. The van der Waals surface area contributed by atoms with Crippen LogP contribution in [0, 0.1) is 0 Å². The number of nitrogens with zero attached hydrogens (tertiary/aromatic N) is 3. The van der Waals surface area contributed by atoms with Crippen molar-refractivity contribution >= 4 is 0 Å². The van der Waals surface area contributed by atoms with Crippen LogP contribution in [0.5, 0.6) is 0 Å². The number of rotatable bonds is 6. The minimum absolute atomic E-state index is 0.133. The second kappa shape index (κ2) is 5.72. The van der Waals surface area contributed by atoms with Crippen LogP contribution in [0.3, 0.4) is 0 Å². The van der Waals surface area contributed by atoms with E-state index in [1.54, 1.807) is 13.3 Å². The first-order chi connectivity index (χ1) is 6.79. The molecule has 0 bridgehead atoms. The molecule has 0 radical (unpaired) electrons. The Labute approximate surface area is 84.2 Å². The molecular formula is C9H18N4O. The molecule has 5 nitrogen and oxygen atoms in total. The molecule has 1 atom stereocenters. The molecule has 1 rings (SSSR count). The average Bonchev–Trinajstić information content (AvgIpc) is 2.63. The first-order valence-corrected chi connectivity index (χ1v) is 4.92. The van der Waals surface area contributed by atoms with Gasteiger partial charge < -0.3 is 10.5 Å². The maximum Gasteiger partial charge on any atom is 0.0777 e. The van der Waals surface area contributed by atoms with Gasteiger partial charge in [-0.2, -0.15) is 0 Å². The Morgan fingerprint density at radius 3 is 3.07 bits per heavy atom. The Kier molecular flexibility index (Phi) is 4.55. The van der Waals surface area contributed by atoms with Crippen molar-refractivity contribution in [2.45, 2.75) is 32.4 Å². The smallest absolute Gasteiger partial charge is 0.0777 e. The lowest BCUT2D eigenvalue weighted by molar-refractivity contribution is 0.177. The summed E-state index contributed by atoms with van der Waals surface area (Å²) in [5.41, 5.74) is 6.84. The largest absolute Gasteiger partial charge is 0.383 e. The van der Waals surface area contributed by atoms with Gasteiger partial charge in [0.2, 0.25) is 0 Å². The highest BCUT2D eigenvalue weighted by Crippen LogP contribution is 2.09. The molecule has 1 aromatic heterocycles. The summed E-state index contributed by atoms with van der Waals surface area (Å²) in [5, 5.41) is 7.84. The Morgan fingerprint density at radius 2 is 2.43 bits per heavy atom. The molecule has 2 N–H and O–H groups in total. The number of hydrogen-bond donors (Lipinski definition) is 1. The van der Waals surface area contributed by atoms with E-state index in [0.717, 1.165) is 25.1 Å². The molecule has 0 fully saturated rings. The van der Waals surface area contributed by atoms with Gasteiger partial charge in [-0.3, -0.25) is 0 Å². The lowest BCUT2D eigenvalue weighted by Gasteiger charge is -2.11. The van der Waals surface area contributed by atoms with Crippen molar-refractivity contribution < 1.29 is 4.74 Å². The summed E-state index contributed by atoms with van der Waals surface area (Å²) in [5.74, 6) is 0.